The molecule has 1 atom stereocenters. The molecule has 0 saturated heterocycles. The van der Waals surface area contributed by atoms with E-state index in [-0.39, 0.29) is 0 Å². The van der Waals surface area contributed by atoms with Gasteiger partial charge in [-0.2, -0.15) is 0 Å². The van der Waals surface area contributed by atoms with E-state index in [1.54, 1.807) is 0 Å². The molecule has 0 aliphatic heterocycles. The zero-order valence-corrected chi connectivity index (χ0v) is 8.03. The molecule has 1 unspecified atom stereocenters. The molecule has 0 amide bonds. The molecule has 0 bridgehead atoms. The van der Waals surface area contributed by atoms with E-state index >= 15 is 0 Å². The van der Waals surface area contributed by atoms with Crippen molar-refractivity contribution in [1.29, 1.82) is 0 Å². The summed E-state index contributed by atoms with van der Waals surface area (Å²) in [5.41, 5.74) is 7.99. The molecular weight excluding hydrogens is 164 g/mol. The Kier molecular flexibility index (Phi) is 2.31. The van der Waals surface area contributed by atoms with Crippen LogP contribution in [0.4, 0.5) is 0 Å². The normalized spacial score (nSPS) is 21.5. The fourth-order valence-electron chi connectivity index (χ4n) is 1.92. The molecule has 4 heteroatoms. The quantitative estimate of drug-likeness (QED) is 0.715. The summed E-state index contributed by atoms with van der Waals surface area (Å²) >= 11 is 0. The van der Waals surface area contributed by atoms with Gasteiger partial charge in [0.15, 0.2) is 0 Å². The maximum absolute atomic E-state index is 5.49. The molecular formula is C9H16N4. The minimum absolute atomic E-state index is 0.644. The lowest BCUT2D eigenvalue weighted by Gasteiger charge is -2.17. The van der Waals surface area contributed by atoms with E-state index in [4.69, 9.17) is 5.73 Å². The third kappa shape index (κ3) is 1.58. The SMILES string of the molecule is CC1CCc2c(nnn2CCN)C1. The third-order valence-corrected chi connectivity index (χ3v) is 2.67. The maximum atomic E-state index is 5.49. The zero-order chi connectivity index (χ0) is 9.26. The van der Waals surface area contributed by atoms with Crippen LogP contribution in [-0.2, 0) is 19.4 Å². The average molecular weight is 180 g/mol. The Labute approximate surface area is 78.1 Å². The minimum atomic E-state index is 0.644. The number of nitrogens with two attached hydrogens (primary N) is 1. The average Bonchev–Trinajstić information content (AvgIpc) is 2.49. The summed E-state index contributed by atoms with van der Waals surface area (Å²) < 4.78 is 1.96. The molecule has 0 radical (unpaired) electrons. The van der Waals surface area contributed by atoms with Gasteiger partial charge in [-0.1, -0.05) is 12.1 Å². The molecule has 72 valence electrons. The van der Waals surface area contributed by atoms with Crippen LogP contribution in [0.1, 0.15) is 24.7 Å². The van der Waals surface area contributed by atoms with Crippen molar-refractivity contribution in [3.05, 3.63) is 11.4 Å². The number of aromatic nitrogens is 3. The van der Waals surface area contributed by atoms with Crippen LogP contribution in [0.15, 0.2) is 0 Å². The number of hydrogen-bond acceptors (Lipinski definition) is 3. The molecule has 0 saturated carbocycles. The number of fused-ring (bicyclic) bond motifs is 1. The van der Waals surface area contributed by atoms with Crippen molar-refractivity contribution in [1.82, 2.24) is 15.0 Å². The Bertz CT molecular complexity index is 278. The van der Waals surface area contributed by atoms with Gasteiger partial charge in [-0.05, 0) is 25.2 Å². The highest BCUT2D eigenvalue weighted by Gasteiger charge is 2.20. The van der Waals surface area contributed by atoms with Crippen LogP contribution in [0.5, 0.6) is 0 Å². The first-order valence-corrected chi connectivity index (χ1v) is 4.92. The van der Waals surface area contributed by atoms with Crippen LogP contribution >= 0.6 is 0 Å². The van der Waals surface area contributed by atoms with Crippen LogP contribution in [0.25, 0.3) is 0 Å². The predicted molar refractivity (Wildman–Crippen MR) is 50.3 cm³/mol. The standard InChI is InChI=1S/C9H16N4/c1-7-2-3-9-8(6-7)11-12-13(9)5-4-10/h7H,2-6,10H2,1H3. The highest BCUT2D eigenvalue weighted by Crippen LogP contribution is 2.22. The van der Waals surface area contributed by atoms with E-state index in [2.05, 4.69) is 17.2 Å². The van der Waals surface area contributed by atoms with Crippen molar-refractivity contribution < 1.29 is 0 Å². The molecule has 13 heavy (non-hydrogen) atoms. The monoisotopic (exact) mass is 180 g/mol. The van der Waals surface area contributed by atoms with Crippen LogP contribution in [0, 0.1) is 5.92 Å². The molecule has 0 spiro atoms. The van der Waals surface area contributed by atoms with Crippen molar-refractivity contribution in [2.24, 2.45) is 11.7 Å². The van der Waals surface area contributed by atoms with Crippen molar-refractivity contribution in [3.63, 3.8) is 0 Å². The molecule has 1 aromatic rings. The van der Waals surface area contributed by atoms with Crippen molar-refractivity contribution in [2.75, 3.05) is 6.54 Å². The van der Waals surface area contributed by atoms with Gasteiger partial charge in [0.1, 0.15) is 0 Å². The van der Waals surface area contributed by atoms with Crippen molar-refractivity contribution in [3.8, 4) is 0 Å². The van der Waals surface area contributed by atoms with E-state index in [1.165, 1.54) is 17.8 Å². The lowest BCUT2D eigenvalue weighted by molar-refractivity contribution is 0.475. The van der Waals surface area contributed by atoms with E-state index in [0.717, 1.165) is 25.3 Å². The van der Waals surface area contributed by atoms with E-state index in [0.29, 0.717) is 6.54 Å². The van der Waals surface area contributed by atoms with Gasteiger partial charge in [-0.25, -0.2) is 4.68 Å². The van der Waals surface area contributed by atoms with Gasteiger partial charge < -0.3 is 5.73 Å². The van der Waals surface area contributed by atoms with Gasteiger partial charge in [0.2, 0.25) is 0 Å². The molecule has 1 heterocycles. The lowest BCUT2D eigenvalue weighted by Crippen LogP contribution is -2.17. The number of nitrogens with zero attached hydrogens (tertiary/aromatic N) is 3. The molecule has 0 aromatic carbocycles. The van der Waals surface area contributed by atoms with Gasteiger partial charge in [0, 0.05) is 6.54 Å². The summed E-state index contributed by atoms with van der Waals surface area (Å²) in [5, 5.41) is 8.29. The molecule has 2 rings (SSSR count). The zero-order valence-electron chi connectivity index (χ0n) is 8.03. The summed E-state index contributed by atoms with van der Waals surface area (Å²) in [7, 11) is 0. The summed E-state index contributed by atoms with van der Waals surface area (Å²) in [6, 6.07) is 0. The van der Waals surface area contributed by atoms with Crippen LogP contribution < -0.4 is 5.73 Å². The Morgan fingerprint density at radius 3 is 3.23 bits per heavy atom. The van der Waals surface area contributed by atoms with Gasteiger partial charge in [0.25, 0.3) is 0 Å². The summed E-state index contributed by atoms with van der Waals surface area (Å²) in [4.78, 5) is 0. The smallest absolute Gasteiger partial charge is 0.0861 e. The van der Waals surface area contributed by atoms with Crippen molar-refractivity contribution >= 4 is 0 Å². The first-order chi connectivity index (χ1) is 6.31. The largest absolute Gasteiger partial charge is 0.329 e. The predicted octanol–water partition coefficient (Wildman–Crippen LogP) is 0.362. The highest BCUT2D eigenvalue weighted by molar-refractivity contribution is 5.14. The number of hydrogen-bond donors (Lipinski definition) is 1. The minimum Gasteiger partial charge on any atom is -0.329 e. The third-order valence-electron chi connectivity index (χ3n) is 2.67. The Morgan fingerprint density at radius 2 is 2.46 bits per heavy atom. The molecule has 1 aliphatic rings. The molecule has 0 fully saturated rings. The molecule has 2 N–H and O–H groups in total. The first-order valence-electron chi connectivity index (χ1n) is 4.92. The van der Waals surface area contributed by atoms with Gasteiger partial charge in [0.05, 0.1) is 17.9 Å². The topological polar surface area (TPSA) is 56.7 Å². The Balaban J connectivity index is 2.23. The first kappa shape index (κ1) is 8.69. The van der Waals surface area contributed by atoms with E-state index < -0.39 is 0 Å². The summed E-state index contributed by atoms with van der Waals surface area (Å²) in [6.45, 7) is 3.72. The second-order valence-corrected chi connectivity index (χ2v) is 3.84. The van der Waals surface area contributed by atoms with E-state index in [9.17, 15) is 0 Å². The lowest BCUT2D eigenvalue weighted by atomic mass is 9.91. The second kappa shape index (κ2) is 3.46. The highest BCUT2D eigenvalue weighted by atomic mass is 15.4. The maximum Gasteiger partial charge on any atom is 0.0861 e. The summed E-state index contributed by atoms with van der Waals surface area (Å²) in [5.74, 6) is 0.760. The number of rotatable bonds is 2. The van der Waals surface area contributed by atoms with Crippen LogP contribution in [0.3, 0.4) is 0 Å². The second-order valence-electron chi connectivity index (χ2n) is 3.84. The fourth-order valence-corrected chi connectivity index (χ4v) is 1.92. The van der Waals surface area contributed by atoms with Gasteiger partial charge in [-0.3, -0.25) is 0 Å². The molecule has 1 aromatic heterocycles. The van der Waals surface area contributed by atoms with Crippen LogP contribution in [0.2, 0.25) is 0 Å². The molecule has 1 aliphatic carbocycles. The fraction of sp³-hybridized carbons (Fsp3) is 0.778. The summed E-state index contributed by atoms with van der Waals surface area (Å²) in [6.07, 6.45) is 3.45. The van der Waals surface area contributed by atoms with Crippen LogP contribution in [-0.4, -0.2) is 21.5 Å². The molecule has 4 nitrogen and oxygen atoms in total. The van der Waals surface area contributed by atoms with Crippen molar-refractivity contribution in [2.45, 2.75) is 32.7 Å². The van der Waals surface area contributed by atoms with Gasteiger partial charge in [-0.15, -0.1) is 5.10 Å². The Morgan fingerprint density at radius 1 is 1.62 bits per heavy atom. The Hall–Kier alpha value is -0.900. The van der Waals surface area contributed by atoms with E-state index in [1.807, 2.05) is 4.68 Å². The van der Waals surface area contributed by atoms with Gasteiger partial charge >= 0.3 is 0 Å².